The Morgan fingerprint density at radius 1 is 1.03 bits per heavy atom. The summed E-state index contributed by atoms with van der Waals surface area (Å²) in [5, 5.41) is 7.50. The van der Waals surface area contributed by atoms with Crippen molar-refractivity contribution in [3.8, 4) is 0 Å². The van der Waals surface area contributed by atoms with Gasteiger partial charge in [-0.25, -0.2) is 0 Å². The Morgan fingerprint density at radius 3 is 2.49 bits per heavy atom. The SMILES string of the molecule is Cc1ccccc1N(C(=O)CNC(=O)c1cccs1)C(C(=O)NCC1CCCO1)c1ccccc1. The maximum absolute atomic E-state index is 13.7. The van der Waals surface area contributed by atoms with E-state index in [1.165, 1.54) is 16.2 Å². The molecule has 1 aliphatic heterocycles. The molecule has 1 aromatic heterocycles. The fourth-order valence-corrected chi connectivity index (χ4v) is 4.80. The fraction of sp³-hybridized carbons (Fsp3) is 0.296. The third-order valence-corrected chi connectivity index (χ3v) is 6.81. The normalized spacial score (nSPS) is 15.9. The smallest absolute Gasteiger partial charge is 0.261 e. The molecule has 1 aliphatic rings. The van der Waals surface area contributed by atoms with Crippen LogP contribution in [0.4, 0.5) is 5.69 Å². The standard InChI is InChI=1S/C27H29N3O4S/c1-19-9-5-6-13-22(19)30(24(31)18-29-26(32)23-14-8-16-35-23)25(20-10-3-2-4-11-20)27(33)28-17-21-12-7-15-34-21/h2-6,8-11,13-14,16,21,25H,7,12,15,17-18H2,1H3,(H,28,33)(H,29,32). The van der Waals surface area contributed by atoms with Crippen LogP contribution in [-0.4, -0.2) is 43.5 Å². The van der Waals surface area contributed by atoms with Crippen molar-refractivity contribution in [3.63, 3.8) is 0 Å². The molecule has 8 heteroatoms. The van der Waals surface area contributed by atoms with Gasteiger partial charge < -0.3 is 15.4 Å². The fourth-order valence-electron chi connectivity index (χ4n) is 4.16. The van der Waals surface area contributed by atoms with E-state index in [1.807, 2.05) is 61.5 Å². The van der Waals surface area contributed by atoms with Crippen LogP contribution in [0.1, 0.15) is 39.7 Å². The van der Waals surface area contributed by atoms with E-state index >= 15 is 0 Å². The molecule has 0 spiro atoms. The van der Waals surface area contributed by atoms with Gasteiger partial charge >= 0.3 is 0 Å². The summed E-state index contributed by atoms with van der Waals surface area (Å²) in [5.74, 6) is -1.00. The van der Waals surface area contributed by atoms with Gasteiger partial charge in [0.2, 0.25) is 11.8 Å². The van der Waals surface area contributed by atoms with Crippen molar-refractivity contribution in [2.75, 3.05) is 24.6 Å². The summed E-state index contributed by atoms with van der Waals surface area (Å²) in [4.78, 5) is 41.8. The molecule has 2 aromatic carbocycles. The molecule has 1 saturated heterocycles. The quantitative estimate of drug-likeness (QED) is 0.476. The Balaban J connectivity index is 1.64. The number of hydrogen-bond donors (Lipinski definition) is 2. The van der Waals surface area contributed by atoms with Crippen LogP contribution in [0.2, 0.25) is 0 Å². The number of carbonyl (C=O) groups excluding carboxylic acids is 3. The molecule has 2 unspecified atom stereocenters. The zero-order valence-corrected chi connectivity index (χ0v) is 20.4. The van der Waals surface area contributed by atoms with Gasteiger partial charge in [-0.1, -0.05) is 54.6 Å². The Morgan fingerprint density at radius 2 is 1.80 bits per heavy atom. The lowest BCUT2D eigenvalue weighted by atomic mass is 10.0. The van der Waals surface area contributed by atoms with Crippen LogP contribution in [0.3, 0.4) is 0 Å². The highest BCUT2D eigenvalue weighted by Gasteiger charge is 2.34. The third-order valence-electron chi connectivity index (χ3n) is 5.94. The van der Waals surface area contributed by atoms with E-state index in [0.29, 0.717) is 29.3 Å². The maximum atomic E-state index is 13.7. The number of ether oxygens (including phenoxy) is 1. The average Bonchev–Trinajstić information content (AvgIpc) is 3.60. The van der Waals surface area contributed by atoms with Crippen molar-refractivity contribution >= 4 is 34.7 Å². The van der Waals surface area contributed by atoms with Crippen molar-refractivity contribution in [2.45, 2.75) is 31.9 Å². The van der Waals surface area contributed by atoms with Gasteiger partial charge in [-0.3, -0.25) is 19.3 Å². The number of nitrogens with one attached hydrogen (secondary N) is 2. The first kappa shape index (κ1) is 24.6. The molecule has 2 heterocycles. The van der Waals surface area contributed by atoms with Crippen molar-refractivity contribution < 1.29 is 19.1 Å². The molecule has 4 rings (SSSR count). The first-order valence-electron chi connectivity index (χ1n) is 11.7. The number of carbonyl (C=O) groups is 3. The Bertz CT molecular complexity index is 1140. The molecule has 2 N–H and O–H groups in total. The topological polar surface area (TPSA) is 87.7 Å². The van der Waals surface area contributed by atoms with E-state index in [0.717, 1.165) is 18.4 Å². The van der Waals surface area contributed by atoms with Crippen LogP contribution in [0.25, 0.3) is 0 Å². The van der Waals surface area contributed by atoms with Crippen LogP contribution in [0.5, 0.6) is 0 Å². The van der Waals surface area contributed by atoms with Crippen LogP contribution < -0.4 is 15.5 Å². The maximum Gasteiger partial charge on any atom is 0.261 e. The zero-order valence-electron chi connectivity index (χ0n) is 19.6. The summed E-state index contributed by atoms with van der Waals surface area (Å²) in [7, 11) is 0. The monoisotopic (exact) mass is 491 g/mol. The van der Waals surface area contributed by atoms with E-state index in [4.69, 9.17) is 4.74 Å². The number of amides is 3. The number of anilines is 1. The minimum Gasteiger partial charge on any atom is -0.376 e. The molecule has 3 amide bonds. The molecule has 0 aliphatic carbocycles. The summed E-state index contributed by atoms with van der Waals surface area (Å²) in [6.07, 6.45) is 1.84. The Hall–Kier alpha value is -3.49. The highest BCUT2D eigenvalue weighted by molar-refractivity contribution is 7.12. The molecule has 182 valence electrons. The lowest BCUT2D eigenvalue weighted by Crippen LogP contribution is -2.48. The summed E-state index contributed by atoms with van der Waals surface area (Å²) in [6.45, 7) is 2.73. The minimum absolute atomic E-state index is 0.0249. The molecule has 3 aromatic rings. The number of hydrogen-bond acceptors (Lipinski definition) is 5. The van der Waals surface area contributed by atoms with Crippen LogP contribution in [-0.2, 0) is 14.3 Å². The molecule has 0 saturated carbocycles. The summed E-state index contributed by atoms with van der Waals surface area (Å²) in [6, 6.07) is 19.2. The van der Waals surface area contributed by atoms with Crippen molar-refractivity contribution in [2.24, 2.45) is 0 Å². The van der Waals surface area contributed by atoms with Gasteiger partial charge in [0.15, 0.2) is 0 Å². The minimum atomic E-state index is -0.912. The largest absolute Gasteiger partial charge is 0.376 e. The van der Waals surface area contributed by atoms with Gasteiger partial charge in [-0.15, -0.1) is 11.3 Å². The van der Waals surface area contributed by atoms with E-state index in [1.54, 1.807) is 17.5 Å². The highest BCUT2D eigenvalue weighted by Crippen LogP contribution is 2.30. The number of para-hydroxylation sites is 1. The van der Waals surface area contributed by atoms with E-state index < -0.39 is 6.04 Å². The van der Waals surface area contributed by atoms with Crippen molar-refractivity contribution in [3.05, 3.63) is 88.1 Å². The molecule has 0 bridgehead atoms. The van der Waals surface area contributed by atoms with Crippen LogP contribution >= 0.6 is 11.3 Å². The van der Waals surface area contributed by atoms with Gasteiger partial charge in [0, 0.05) is 18.8 Å². The predicted molar refractivity (Wildman–Crippen MR) is 136 cm³/mol. The van der Waals surface area contributed by atoms with Gasteiger partial charge in [-0.05, 0) is 48.4 Å². The van der Waals surface area contributed by atoms with Crippen LogP contribution in [0, 0.1) is 6.92 Å². The average molecular weight is 492 g/mol. The van der Waals surface area contributed by atoms with Crippen molar-refractivity contribution in [1.29, 1.82) is 0 Å². The number of rotatable bonds is 9. The molecule has 0 radical (unpaired) electrons. The molecule has 35 heavy (non-hydrogen) atoms. The first-order valence-corrected chi connectivity index (χ1v) is 12.6. The summed E-state index contributed by atoms with van der Waals surface area (Å²) < 4.78 is 5.66. The number of nitrogens with zero attached hydrogens (tertiary/aromatic N) is 1. The van der Waals surface area contributed by atoms with E-state index in [2.05, 4.69) is 10.6 Å². The second-order valence-electron chi connectivity index (χ2n) is 8.40. The highest BCUT2D eigenvalue weighted by atomic mass is 32.1. The van der Waals surface area contributed by atoms with Gasteiger partial charge in [0.25, 0.3) is 5.91 Å². The van der Waals surface area contributed by atoms with E-state index in [-0.39, 0.29) is 30.4 Å². The molecule has 2 atom stereocenters. The summed E-state index contributed by atoms with van der Waals surface area (Å²) in [5.41, 5.74) is 2.14. The zero-order chi connectivity index (χ0) is 24.6. The molecule has 7 nitrogen and oxygen atoms in total. The second-order valence-corrected chi connectivity index (χ2v) is 9.35. The summed E-state index contributed by atoms with van der Waals surface area (Å²) >= 11 is 1.30. The van der Waals surface area contributed by atoms with Gasteiger partial charge in [0.05, 0.1) is 17.5 Å². The molecular formula is C27H29N3O4S. The second kappa shape index (κ2) is 11.8. The predicted octanol–water partition coefficient (Wildman–Crippen LogP) is 3.86. The van der Waals surface area contributed by atoms with Gasteiger partial charge in [-0.2, -0.15) is 0 Å². The van der Waals surface area contributed by atoms with Crippen LogP contribution in [0.15, 0.2) is 72.1 Å². The number of aryl methyl sites for hydroxylation is 1. The third kappa shape index (κ3) is 6.15. The van der Waals surface area contributed by atoms with Gasteiger partial charge in [0.1, 0.15) is 6.04 Å². The van der Waals surface area contributed by atoms with E-state index in [9.17, 15) is 14.4 Å². The first-order chi connectivity index (χ1) is 17.0. The molecular weight excluding hydrogens is 462 g/mol. The lowest BCUT2D eigenvalue weighted by Gasteiger charge is -2.33. The number of benzene rings is 2. The Kier molecular flexibility index (Phi) is 8.28. The number of thiophene rings is 1. The van der Waals surface area contributed by atoms with Crippen molar-refractivity contribution in [1.82, 2.24) is 10.6 Å². The molecule has 1 fully saturated rings. The lowest BCUT2D eigenvalue weighted by molar-refractivity contribution is -0.126. The Labute approximate surface area is 209 Å².